The van der Waals surface area contributed by atoms with E-state index in [0.717, 1.165) is 17.6 Å². The van der Waals surface area contributed by atoms with E-state index in [-0.39, 0.29) is 24.0 Å². The average molecular weight is 416 g/mol. The van der Waals surface area contributed by atoms with Gasteiger partial charge in [0.05, 0.1) is 23.4 Å². The van der Waals surface area contributed by atoms with Crippen LogP contribution in [0.15, 0.2) is 18.5 Å². The van der Waals surface area contributed by atoms with Crippen LogP contribution in [0.3, 0.4) is 0 Å². The Morgan fingerprint density at radius 3 is 2.93 bits per heavy atom. The van der Waals surface area contributed by atoms with E-state index in [4.69, 9.17) is 4.74 Å². The summed E-state index contributed by atoms with van der Waals surface area (Å²) in [5, 5.41) is 3.94. The van der Waals surface area contributed by atoms with Crippen LogP contribution in [0.2, 0.25) is 0 Å². The molecule has 152 valence electrons. The molecule has 3 aromatic heterocycles. The lowest BCUT2D eigenvalue weighted by Gasteiger charge is -2.17. The summed E-state index contributed by atoms with van der Waals surface area (Å²) in [6, 6.07) is 1.10. The van der Waals surface area contributed by atoms with E-state index in [1.807, 2.05) is 13.8 Å². The Morgan fingerprint density at radius 2 is 2.21 bits per heavy atom. The third kappa shape index (κ3) is 4.03. The second kappa shape index (κ2) is 7.96. The molecule has 4 heterocycles. The number of aryl methyl sites for hydroxylation is 1. The standard InChI is InChI=1S/C19H21FN6O2S/c1-10(12-6-13(20)8-21-7-12)22-19-24-15(16-17(25-19)23-11(2)29-16)18(27)26-5-4-14(9-26)28-3/h6-8,10,14H,4-5,9H2,1-3H3,(H,22,24,25)/t10-,14+/m0/s1. The van der Waals surface area contributed by atoms with E-state index in [1.54, 1.807) is 18.2 Å². The maximum Gasteiger partial charge on any atom is 0.274 e. The Kier molecular flexibility index (Phi) is 5.37. The fraction of sp³-hybridized carbons (Fsp3) is 0.421. The first-order valence-corrected chi connectivity index (χ1v) is 10.1. The minimum Gasteiger partial charge on any atom is -0.380 e. The maximum absolute atomic E-state index is 13.5. The van der Waals surface area contributed by atoms with E-state index >= 15 is 0 Å². The van der Waals surface area contributed by atoms with Gasteiger partial charge in [0.15, 0.2) is 11.3 Å². The Hall–Kier alpha value is -2.72. The van der Waals surface area contributed by atoms with Crippen molar-refractivity contribution in [3.05, 3.63) is 40.5 Å². The molecule has 1 aliphatic heterocycles. The summed E-state index contributed by atoms with van der Waals surface area (Å²) < 4.78 is 19.5. The van der Waals surface area contributed by atoms with Crippen LogP contribution in [0.25, 0.3) is 10.3 Å². The largest absolute Gasteiger partial charge is 0.380 e. The molecule has 10 heteroatoms. The molecule has 1 aliphatic rings. The third-order valence-electron chi connectivity index (χ3n) is 4.90. The van der Waals surface area contributed by atoms with Crippen molar-refractivity contribution in [1.29, 1.82) is 0 Å². The number of halogens is 1. The first kappa shape index (κ1) is 19.6. The number of anilines is 1. The number of thiazole rings is 1. The second-order valence-electron chi connectivity index (χ2n) is 6.98. The van der Waals surface area contributed by atoms with Crippen LogP contribution in [-0.4, -0.2) is 57.0 Å². The summed E-state index contributed by atoms with van der Waals surface area (Å²) in [4.78, 5) is 32.2. The first-order valence-electron chi connectivity index (χ1n) is 9.29. The molecule has 1 N–H and O–H groups in total. The van der Waals surface area contributed by atoms with Crippen LogP contribution in [0.1, 0.15) is 40.4 Å². The highest BCUT2D eigenvalue weighted by Gasteiger charge is 2.30. The Balaban J connectivity index is 1.66. The molecule has 0 saturated carbocycles. The molecular weight excluding hydrogens is 395 g/mol. The second-order valence-corrected chi connectivity index (χ2v) is 8.18. The molecule has 0 spiro atoms. The molecule has 2 atom stereocenters. The number of rotatable bonds is 5. The van der Waals surface area contributed by atoms with Crippen LogP contribution in [0.5, 0.6) is 0 Å². The number of carbonyl (C=O) groups excluding carboxylic acids is 1. The molecule has 8 nitrogen and oxygen atoms in total. The average Bonchev–Trinajstić information content (AvgIpc) is 3.32. The molecule has 3 aromatic rings. The van der Waals surface area contributed by atoms with Crippen LogP contribution in [0, 0.1) is 12.7 Å². The third-order valence-corrected chi connectivity index (χ3v) is 5.87. The molecule has 0 aromatic carbocycles. The van der Waals surface area contributed by atoms with Crippen molar-refractivity contribution >= 4 is 33.5 Å². The predicted octanol–water partition coefficient (Wildman–Crippen LogP) is 2.96. The van der Waals surface area contributed by atoms with Gasteiger partial charge < -0.3 is 15.0 Å². The number of carbonyl (C=O) groups is 1. The zero-order valence-corrected chi connectivity index (χ0v) is 17.2. The SMILES string of the molecule is CO[C@@H]1CCN(C(=O)c2nc(N[C@@H](C)c3cncc(F)c3)nc3nc(C)sc23)C1. The minimum atomic E-state index is -0.416. The zero-order valence-electron chi connectivity index (χ0n) is 16.3. The van der Waals surface area contributed by atoms with E-state index in [2.05, 4.69) is 25.3 Å². The van der Waals surface area contributed by atoms with Gasteiger partial charge in [-0.05, 0) is 31.9 Å². The van der Waals surface area contributed by atoms with Crippen molar-refractivity contribution in [1.82, 2.24) is 24.8 Å². The minimum absolute atomic E-state index is 0.0394. The number of amides is 1. The Bertz CT molecular complexity index is 1060. The topological polar surface area (TPSA) is 93.1 Å². The van der Waals surface area contributed by atoms with Crippen molar-refractivity contribution in [2.75, 3.05) is 25.5 Å². The lowest BCUT2D eigenvalue weighted by molar-refractivity contribution is 0.0721. The molecule has 0 unspecified atom stereocenters. The normalized spacial score (nSPS) is 17.7. The van der Waals surface area contributed by atoms with Crippen LogP contribution >= 0.6 is 11.3 Å². The van der Waals surface area contributed by atoms with Gasteiger partial charge in [0.2, 0.25) is 5.95 Å². The van der Waals surface area contributed by atoms with Crippen LogP contribution in [-0.2, 0) is 4.74 Å². The molecular formula is C19H21FN6O2S. The molecule has 4 rings (SSSR count). The summed E-state index contributed by atoms with van der Waals surface area (Å²) in [6.45, 7) is 4.87. The highest BCUT2D eigenvalue weighted by atomic mass is 32.1. The number of nitrogens with one attached hydrogen (secondary N) is 1. The first-order chi connectivity index (χ1) is 13.9. The van der Waals surface area contributed by atoms with E-state index in [9.17, 15) is 9.18 Å². The number of pyridine rings is 1. The summed E-state index contributed by atoms with van der Waals surface area (Å²) in [5.41, 5.74) is 1.45. The monoisotopic (exact) mass is 416 g/mol. The van der Waals surface area contributed by atoms with Gasteiger partial charge in [0, 0.05) is 26.4 Å². The number of likely N-dealkylation sites (tertiary alicyclic amines) is 1. The van der Waals surface area contributed by atoms with Crippen LogP contribution in [0.4, 0.5) is 10.3 Å². The highest BCUT2D eigenvalue weighted by molar-refractivity contribution is 7.18. The van der Waals surface area contributed by atoms with Crippen molar-refractivity contribution < 1.29 is 13.9 Å². The summed E-state index contributed by atoms with van der Waals surface area (Å²) >= 11 is 1.40. The van der Waals surface area contributed by atoms with E-state index < -0.39 is 5.82 Å². The van der Waals surface area contributed by atoms with Crippen molar-refractivity contribution in [3.63, 3.8) is 0 Å². The summed E-state index contributed by atoms with van der Waals surface area (Å²) in [7, 11) is 1.65. The fourth-order valence-corrected chi connectivity index (χ4v) is 4.17. The number of methoxy groups -OCH3 is 1. The molecule has 1 saturated heterocycles. The molecule has 1 fully saturated rings. The van der Waals surface area contributed by atoms with Gasteiger partial charge in [-0.25, -0.2) is 14.4 Å². The number of hydrogen-bond acceptors (Lipinski definition) is 8. The lowest BCUT2D eigenvalue weighted by atomic mass is 10.1. The van der Waals surface area contributed by atoms with Gasteiger partial charge in [-0.2, -0.15) is 4.98 Å². The quantitative estimate of drug-likeness (QED) is 0.683. The van der Waals surface area contributed by atoms with Crippen molar-refractivity contribution in [3.8, 4) is 0 Å². The Morgan fingerprint density at radius 1 is 1.38 bits per heavy atom. The zero-order chi connectivity index (χ0) is 20.5. The Labute approximate surface area is 171 Å². The molecule has 1 amide bonds. The number of aromatic nitrogens is 4. The summed E-state index contributed by atoms with van der Waals surface area (Å²) in [6.07, 6.45) is 3.56. The number of hydrogen-bond donors (Lipinski definition) is 1. The van der Waals surface area contributed by atoms with Gasteiger partial charge in [-0.1, -0.05) is 0 Å². The lowest BCUT2D eigenvalue weighted by Crippen LogP contribution is -2.31. The van der Waals surface area contributed by atoms with Crippen LogP contribution < -0.4 is 5.32 Å². The van der Waals surface area contributed by atoms with Crippen molar-refractivity contribution in [2.45, 2.75) is 32.4 Å². The number of nitrogens with zero attached hydrogens (tertiary/aromatic N) is 5. The molecule has 0 aliphatic carbocycles. The van der Waals surface area contributed by atoms with E-state index in [0.29, 0.717) is 34.7 Å². The van der Waals surface area contributed by atoms with E-state index in [1.165, 1.54) is 17.4 Å². The van der Waals surface area contributed by atoms with Gasteiger partial charge in [-0.3, -0.25) is 9.78 Å². The van der Waals surface area contributed by atoms with Gasteiger partial charge in [0.25, 0.3) is 5.91 Å². The van der Waals surface area contributed by atoms with Crippen molar-refractivity contribution in [2.24, 2.45) is 0 Å². The highest BCUT2D eigenvalue weighted by Crippen LogP contribution is 2.28. The predicted molar refractivity (Wildman–Crippen MR) is 107 cm³/mol. The molecule has 0 bridgehead atoms. The number of fused-ring (bicyclic) bond motifs is 1. The van der Waals surface area contributed by atoms with Gasteiger partial charge >= 0.3 is 0 Å². The van der Waals surface area contributed by atoms with Gasteiger partial charge in [0.1, 0.15) is 10.5 Å². The van der Waals surface area contributed by atoms with Gasteiger partial charge in [-0.15, -0.1) is 11.3 Å². The smallest absolute Gasteiger partial charge is 0.274 e. The summed E-state index contributed by atoms with van der Waals surface area (Å²) in [5.74, 6) is -0.311. The molecule has 29 heavy (non-hydrogen) atoms. The molecule has 0 radical (unpaired) electrons. The maximum atomic E-state index is 13.5. The number of ether oxygens (including phenoxy) is 1. The fourth-order valence-electron chi connectivity index (χ4n) is 3.33.